The van der Waals surface area contributed by atoms with Crippen LogP contribution < -0.4 is 0 Å². The average molecular weight is 250 g/mol. The summed E-state index contributed by atoms with van der Waals surface area (Å²) in [7, 11) is 0. The molecule has 3 aromatic rings. The second-order valence-electron chi connectivity index (χ2n) is 4.21. The van der Waals surface area contributed by atoms with E-state index in [1.165, 1.54) is 10.5 Å². The lowest BCUT2D eigenvalue weighted by Crippen LogP contribution is -2.10. The fourth-order valence-corrected chi connectivity index (χ4v) is 2.10. The standard InChI is InChI=1S/C13H9F3N2/c1-8-4-5-10-9(7-8)17-12(13(14,15)16)11-3-2-6-18(10)11/h2-7H,1H3. The number of nitrogens with zero attached hydrogens (tertiary/aromatic N) is 2. The number of aromatic nitrogens is 2. The van der Waals surface area contributed by atoms with Crippen molar-refractivity contribution >= 4 is 16.6 Å². The molecule has 0 saturated carbocycles. The summed E-state index contributed by atoms with van der Waals surface area (Å²) in [6.07, 6.45) is -2.83. The first-order valence-electron chi connectivity index (χ1n) is 5.41. The van der Waals surface area contributed by atoms with Crippen LogP contribution in [-0.2, 0) is 6.18 Å². The number of aryl methyl sites for hydroxylation is 1. The van der Waals surface area contributed by atoms with E-state index in [4.69, 9.17) is 0 Å². The first-order chi connectivity index (χ1) is 8.47. The molecule has 3 rings (SSSR count). The molecule has 0 saturated heterocycles. The Morgan fingerprint density at radius 3 is 2.61 bits per heavy atom. The van der Waals surface area contributed by atoms with Gasteiger partial charge in [-0.2, -0.15) is 13.2 Å². The Kier molecular flexibility index (Phi) is 2.14. The highest BCUT2D eigenvalue weighted by molar-refractivity contribution is 5.80. The van der Waals surface area contributed by atoms with Crippen molar-refractivity contribution in [3.05, 3.63) is 47.8 Å². The van der Waals surface area contributed by atoms with Crippen LogP contribution in [0.15, 0.2) is 36.5 Å². The van der Waals surface area contributed by atoms with Crippen molar-refractivity contribution in [2.24, 2.45) is 0 Å². The molecule has 18 heavy (non-hydrogen) atoms. The SMILES string of the molecule is Cc1ccc2c(c1)nc(C(F)(F)F)c1cccn12. The molecule has 0 aliphatic carbocycles. The molecule has 0 amide bonds. The molecular formula is C13H9F3N2. The predicted octanol–water partition coefficient (Wildman–Crippen LogP) is 3.81. The summed E-state index contributed by atoms with van der Waals surface area (Å²) in [6, 6.07) is 8.31. The van der Waals surface area contributed by atoms with E-state index in [1.807, 2.05) is 13.0 Å². The molecule has 92 valence electrons. The Bertz CT molecular complexity index is 741. The van der Waals surface area contributed by atoms with Crippen LogP contribution in [0.3, 0.4) is 0 Å². The van der Waals surface area contributed by atoms with E-state index < -0.39 is 11.9 Å². The Morgan fingerprint density at radius 1 is 1.11 bits per heavy atom. The molecule has 2 heterocycles. The van der Waals surface area contributed by atoms with Gasteiger partial charge in [0.05, 0.1) is 16.6 Å². The van der Waals surface area contributed by atoms with Crippen LogP contribution in [0.1, 0.15) is 11.3 Å². The van der Waals surface area contributed by atoms with Crippen LogP contribution >= 0.6 is 0 Å². The van der Waals surface area contributed by atoms with Gasteiger partial charge in [0.25, 0.3) is 0 Å². The van der Waals surface area contributed by atoms with Crippen molar-refractivity contribution in [1.82, 2.24) is 9.38 Å². The molecular weight excluding hydrogens is 241 g/mol. The van der Waals surface area contributed by atoms with E-state index in [-0.39, 0.29) is 5.52 Å². The van der Waals surface area contributed by atoms with Gasteiger partial charge < -0.3 is 4.40 Å². The van der Waals surface area contributed by atoms with Crippen LogP contribution in [-0.4, -0.2) is 9.38 Å². The normalized spacial score (nSPS) is 12.4. The van der Waals surface area contributed by atoms with Crippen LogP contribution in [0, 0.1) is 6.92 Å². The second-order valence-corrected chi connectivity index (χ2v) is 4.21. The van der Waals surface area contributed by atoms with Crippen LogP contribution in [0.5, 0.6) is 0 Å². The topological polar surface area (TPSA) is 17.3 Å². The van der Waals surface area contributed by atoms with Crippen molar-refractivity contribution < 1.29 is 13.2 Å². The molecule has 0 atom stereocenters. The van der Waals surface area contributed by atoms with Crippen LogP contribution in [0.25, 0.3) is 16.6 Å². The maximum absolute atomic E-state index is 12.9. The lowest BCUT2D eigenvalue weighted by molar-refractivity contribution is -0.139. The summed E-state index contributed by atoms with van der Waals surface area (Å²) in [4.78, 5) is 3.76. The van der Waals surface area contributed by atoms with E-state index in [2.05, 4.69) is 4.98 Å². The van der Waals surface area contributed by atoms with Gasteiger partial charge in [-0.3, -0.25) is 0 Å². The third-order valence-corrected chi connectivity index (χ3v) is 2.88. The maximum Gasteiger partial charge on any atom is 0.435 e. The molecule has 0 aliphatic rings. The molecule has 0 spiro atoms. The van der Waals surface area contributed by atoms with Crippen molar-refractivity contribution in [3.63, 3.8) is 0 Å². The number of hydrogen-bond acceptors (Lipinski definition) is 1. The zero-order valence-electron chi connectivity index (χ0n) is 9.49. The van der Waals surface area contributed by atoms with Crippen molar-refractivity contribution in [2.75, 3.05) is 0 Å². The fraction of sp³-hybridized carbons (Fsp3) is 0.154. The highest BCUT2D eigenvalue weighted by atomic mass is 19.4. The summed E-state index contributed by atoms with van der Waals surface area (Å²) in [5, 5.41) is 0. The summed E-state index contributed by atoms with van der Waals surface area (Å²) in [6.45, 7) is 1.83. The molecule has 0 fully saturated rings. The number of hydrogen-bond donors (Lipinski definition) is 0. The van der Waals surface area contributed by atoms with Crippen molar-refractivity contribution in [3.8, 4) is 0 Å². The van der Waals surface area contributed by atoms with E-state index in [0.29, 0.717) is 11.0 Å². The molecule has 2 nitrogen and oxygen atoms in total. The number of rotatable bonds is 0. The van der Waals surface area contributed by atoms with Gasteiger partial charge in [-0.25, -0.2) is 4.98 Å². The fourth-order valence-electron chi connectivity index (χ4n) is 2.10. The van der Waals surface area contributed by atoms with Gasteiger partial charge in [0, 0.05) is 6.20 Å². The lowest BCUT2D eigenvalue weighted by atomic mass is 10.2. The van der Waals surface area contributed by atoms with Gasteiger partial charge in [-0.15, -0.1) is 0 Å². The number of benzene rings is 1. The molecule has 0 bridgehead atoms. The van der Waals surface area contributed by atoms with E-state index >= 15 is 0 Å². The maximum atomic E-state index is 12.9. The van der Waals surface area contributed by atoms with E-state index in [1.54, 1.807) is 24.4 Å². The highest BCUT2D eigenvalue weighted by Crippen LogP contribution is 2.33. The van der Waals surface area contributed by atoms with Gasteiger partial charge in [0.15, 0.2) is 5.69 Å². The zero-order chi connectivity index (χ0) is 12.9. The monoisotopic (exact) mass is 250 g/mol. The minimum absolute atomic E-state index is 0.0823. The average Bonchev–Trinajstić information content (AvgIpc) is 2.74. The number of halogens is 3. The first kappa shape index (κ1) is 11.1. The zero-order valence-corrected chi connectivity index (χ0v) is 9.49. The minimum atomic E-state index is -4.45. The molecule has 1 aromatic carbocycles. The molecule has 0 radical (unpaired) electrons. The van der Waals surface area contributed by atoms with Gasteiger partial charge in [0.1, 0.15) is 0 Å². The first-order valence-corrected chi connectivity index (χ1v) is 5.41. The Labute approximate surface area is 101 Å². The minimum Gasteiger partial charge on any atom is -0.313 e. The summed E-state index contributed by atoms with van der Waals surface area (Å²) >= 11 is 0. The Balaban J connectivity index is 2.51. The van der Waals surface area contributed by atoms with E-state index in [9.17, 15) is 13.2 Å². The lowest BCUT2D eigenvalue weighted by Gasteiger charge is -2.11. The Morgan fingerprint density at radius 2 is 1.89 bits per heavy atom. The highest BCUT2D eigenvalue weighted by Gasteiger charge is 2.35. The second kappa shape index (κ2) is 3.48. The van der Waals surface area contributed by atoms with Gasteiger partial charge in [-0.1, -0.05) is 6.07 Å². The van der Waals surface area contributed by atoms with Gasteiger partial charge in [-0.05, 0) is 36.8 Å². The third kappa shape index (κ3) is 1.54. The Hall–Kier alpha value is -2.04. The van der Waals surface area contributed by atoms with Crippen LogP contribution in [0.2, 0.25) is 0 Å². The van der Waals surface area contributed by atoms with Gasteiger partial charge in [0.2, 0.25) is 0 Å². The van der Waals surface area contributed by atoms with Crippen molar-refractivity contribution in [2.45, 2.75) is 13.1 Å². The molecule has 5 heteroatoms. The quantitative estimate of drug-likeness (QED) is 0.593. The predicted molar refractivity (Wildman–Crippen MR) is 62.4 cm³/mol. The van der Waals surface area contributed by atoms with E-state index in [0.717, 1.165) is 5.56 Å². The summed E-state index contributed by atoms with van der Waals surface area (Å²) < 4.78 is 40.4. The molecule has 2 aromatic heterocycles. The summed E-state index contributed by atoms with van der Waals surface area (Å²) in [5.74, 6) is 0. The van der Waals surface area contributed by atoms with Gasteiger partial charge >= 0.3 is 6.18 Å². The molecule has 0 N–H and O–H groups in total. The number of alkyl halides is 3. The molecule has 0 unspecified atom stereocenters. The summed E-state index contributed by atoms with van der Waals surface area (Å²) in [5.41, 5.74) is 1.15. The largest absolute Gasteiger partial charge is 0.435 e. The smallest absolute Gasteiger partial charge is 0.313 e. The third-order valence-electron chi connectivity index (χ3n) is 2.88. The van der Waals surface area contributed by atoms with Crippen molar-refractivity contribution in [1.29, 1.82) is 0 Å². The molecule has 0 aliphatic heterocycles. The number of fused-ring (bicyclic) bond motifs is 3. The van der Waals surface area contributed by atoms with Crippen LogP contribution in [0.4, 0.5) is 13.2 Å².